The Bertz CT molecular complexity index is 767. The van der Waals surface area contributed by atoms with Crippen LogP contribution < -0.4 is 10.5 Å². The molecule has 0 radical (unpaired) electrons. The van der Waals surface area contributed by atoms with E-state index in [-0.39, 0.29) is 15.6 Å². The van der Waals surface area contributed by atoms with Crippen molar-refractivity contribution < 1.29 is 17.2 Å². The number of hydrogen-bond donors (Lipinski definition) is 2. The molecule has 0 amide bonds. The van der Waals surface area contributed by atoms with Crippen molar-refractivity contribution in [1.29, 1.82) is 0 Å². The van der Waals surface area contributed by atoms with Gasteiger partial charge in [-0.05, 0) is 29.8 Å². The summed E-state index contributed by atoms with van der Waals surface area (Å²) in [5, 5.41) is 7.99. The maximum absolute atomic E-state index is 12.4. The topological polar surface area (TPSA) is 85.1 Å². The number of anilines is 1. The lowest BCUT2D eigenvalue weighted by atomic mass is 10.2. The standard InChI is InChI=1S/C13H12ClF2N3O2S/c14-10-5-9(2-4-12(10)22(17,20)21)18-6-8-1-3-11(13(15)16)19-7-8/h1-5,7,13,18H,6H2,(H2,17,20,21). The minimum absolute atomic E-state index is 0.00123. The first-order chi connectivity index (χ1) is 10.3. The van der Waals surface area contributed by atoms with Crippen LogP contribution in [0, 0.1) is 0 Å². The maximum atomic E-state index is 12.4. The van der Waals surface area contributed by atoms with Crippen LogP contribution in [0.25, 0.3) is 0 Å². The third kappa shape index (κ3) is 4.12. The van der Waals surface area contributed by atoms with Crippen molar-refractivity contribution in [2.24, 2.45) is 5.14 Å². The van der Waals surface area contributed by atoms with Gasteiger partial charge in [-0.15, -0.1) is 0 Å². The lowest BCUT2D eigenvalue weighted by Gasteiger charge is -2.09. The Hall–Kier alpha value is -1.77. The second kappa shape index (κ2) is 6.55. The van der Waals surface area contributed by atoms with E-state index in [0.29, 0.717) is 17.8 Å². The molecule has 22 heavy (non-hydrogen) atoms. The zero-order valence-corrected chi connectivity index (χ0v) is 12.7. The fourth-order valence-corrected chi connectivity index (χ4v) is 2.81. The predicted octanol–water partition coefficient (Wildman–Crippen LogP) is 2.93. The number of aromatic nitrogens is 1. The first-order valence-corrected chi connectivity index (χ1v) is 7.99. The molecule has 3 N–H and O–H groups in total. The Labute approximate surface area is 131 Å². The quantitative estimate of drug-likeness (QED) is 0.870. The molecule has 9 heteroatoms. The first-order valence-electron chi connectivity index (χ1n) is 6.06. The number of benzene rings is 1. The normalized spacial score (nSPS) is 11.7. The monoisotopic (exact) mass is 347 g/mol. The van der Waals surface area contributed by atoms with Gasteiger partial charge in [0.05, 0.1) is 5.02 Å². The largest absolute Gasteiger partial charge is 0.381 e. The number of alkyl halides is 2. The number of rotatable bonds is 5. The summed E-state index contributed by atoms with van der Waals surface area (Å²) in [7, 11) is -3.87. The van der Waals surface area contributed by atoms with E-state index in [0.717, 1.165) is 0 Å². The highest BCUT2D eigenvalue weighted by molar-refractivity contribution is 7.89. The van der Waals surface area contributed by atoms with Crippen LogP contribution >= 0.6 is 11.6 Å². The second-order valence-corrected chi connectivity index (χ2v) is 6.37. The number of halogens is 3. The molecule has 0 saturated carbocycles. The third-order valence-electron chi connectivity index (χ3n) is 2.81. The van der Waals surface area contributed by atoms with Gasteiger partial charge in [0.25, 0.3) is 6.43 Å². The molecule has 5 nitrogen and oxygen atoms in total. The van der Waals surface area contributed by atoms with Gasteiger partial charge < -0.3 is 5.32 Å². The van der Waals surface area contributed by atoms with Gasteiger partial charge in [-0.2, -0.15) is 0 Å². The Morgan fingerprint density at radius 3 is 2.50 bits per heavy atom. The van der Waals surface area contributed by atoms with Gasteiger partial charge in [-0.3, -0.25) is 4.98 Å². The Morgan fingerprint density at radius 1 is 1.27 bits per heavy atom. The minimum Gasteiger partial charge on any atom is -0.381 e. The molecule has 2 aromatic rings. The van der Waals surface area contributed by atoms with Crippen molar-refractivity contribution in [2.75, 3.05) is 5.32 Å². The van der Waals surface area contributed by atoms with Gasteiger partial charge in [-0.25, -0.2) is 22.3 Å². The van der Waals surface area contributed by atoms with E-state index in [1.54, 1.807) is 0 Å². The Balaban J connectivity index is 2.07. The average Bonchev–Trinajstić information content (AvgIpc) is 2.44. The molecule has 0 aliphatic rings. The van der Waals surface area contributed by atoms with Crippen molar-refractivity contribution in [3.63, 3.8) is 0 Å². The molecule has 2 rings (SSSR count). The van der Waals surface area contributed by atoms with Crippen LogP contribution in [0.5, 0.6) is 0 Å². The zero-order valence-electron chi connectivity index (χ0n) is 11.1. The highest BCUT2D eigenvalue weighted by Crippen LogP contribution is 2.24. The number of nitrogens with one attached hydrogen (secondary N) is 1. The summed E-state index contributed by atoms with van der Waals surface area (Å²) >= 11 is 5.86. The lowest BCUT2D eigenvalue weighted by molar-refractivity contribution is 0.146. The summed E-state index contributed by atoms with van der Waals surface area (Å²) in [6.45, 7) is 0.321. The SMILES string of the molecule is NS(=O)(=O)c1ccc(NCc2ccc(C(F)F)nc2)cc1Cl. The van der Waals surface area contributed by atoms with Gasteiger partial charge in [-0.1, -0.05) is 17.7 Å². The highest BCUT2D eigenvalue weighted by atomic mass is 35.5. The van der Waals surface area contributed by atoms with Crippen molar-refractivity contribution in [3.8, 4) is 0 Å². The number of nitrogens with zero attached hydrogens (tertiary/aromatic N) is 1. The van der Waals surface area contributed by atoms with E-state index in [1.165, 1.54) is 36.5 Å². The molecule has 1 heterocycles. The zero-order chi connectivity index (χ0) is 16.3. The van der Waals surface area contributed by atoms with Gasteiger partial charge in [0.15, 0.2) is 0 Å². The van der Waals surface area contributed by atoms with Gasteiger partial charge in [0.2, 0.25) is 10.0 Å². The van der Waals surface area contributed by atoms with Crippen molar-refractivity contribution >= 4 is 27.3 Å². The van der Waals surface area contributed by atoms with Crippen LogP contribution in [-0.4, -0.2) is 13.4 Å². The van der Waals surface area contributed by atoms with Crippen molar-refractivity contribution in [2.45, 2.75) is 17.9 Å². The molecule has 0 unspecified atom stereocenters. The van der Waals surface area contributed by atoms with E-state index in [2.05, 4.69) is 10.3 Å². The lowest BCUT2D eigenvalue weighted by Crippen LogP contribution is -2.12. The van der Waals surface area contributed by atoms with E-state index in [9.17, 15) is 17.2 Å². The molecule has 0 aliphatic carbocycles. The second-order valence-electron chi connectivity index (χ2n) is 4.44. The third-order valence-corrected chi connectivity index (χ3v) is 4.20. The summed E-state index contributed by atoms with van der Waals surface area (Å²) in [5.74, 6) is 0. The average molecular weight is 348 g/mol. The fraction of sp³-hybridized carbons (Fsp3) is 0.154. The first kappa shape index (κ1) is 16.6. The number of primary sulfonamides is 1. The molecule has 0 bridgehead atoms. The van der Waals surface area contributed by atoms with Gasteiger partial charge >= 0.3 is 0 Å². The molecular formula is C13H12ClF2N3O2S. The van der Waals surface area contributed by atoms with E-state index in [1.807, 2.05) is 0 Å². The molecular weight excluding hydrogens is 336 g/mol. The van der Waals surface area contributed by atoms with Gasteiger partial charge in [0, 0.05) is 18.4 Å². The molecule has 1 aromatic carbocycles. The number of nitrogens with two attached hydrogens (primary N) is 1. The molecule has 0 aliphatic heterocycles. The number of hydrogen-bond acceptors (Lipinski definition) is 4. The van der Waals surface area contributed by atoms with Crippen LogP contribution in [-0.2, 0) is 16.6 Å². The summed E-state index contributed by atoms with van der Waals surface area (Å²) in [4.78, 5) is 3.48. The van der Waals surface area contributed by atoms with E-state index >= 15 is 0 Å². The maximum Gasteiger partial charge on any atom is 0.280 e. The molecule has 0 saturated heterocycles. The van der Waals surface area contributed by atoms with Crippen LogP contribution in [0.3, 0.4) is 0 Å². The van der Waals surface area contributed by atoms with E-state index in [4.69, 9.17) is 16.7 Å². The highest BCUT2D eigenvalue weighted by Gasteiger charge is 2.13. The van der Waals surface area contributed by atoms with Crippen molar-refractivity contribution in [1.82, 2.24) is 4.98 Å². The summed E-state index contributed by atoms with van der Waals surface area (Å²) in [5.41, 5.74) is 0.968. The van der Waals surface area contributed by atoms with Crippen LogP contribution in [0.4, 0.5) is 14.5 Å². The summed E-state index contributed by atoms with van der Waals surface area (Å²) < 4.78 is 47.2. The van der Waals surface area contributed by atoms with Gasteiger partial charge in [0.1, 0.15) is 10.6 Å². The summed E-state index contributed by atoms with van der Waals surface area (Å²) in [6.07, 6.45) is -1.26. The molecule has 0 fully saturated rings. The predicted molar refractivity (Wildman–Crippen MR) is 79.3 cm³/mol. The van der Waals surface area contributed by atoms with Crippen LogP contribution in [0.15, 0.2) is 41.4 Å². The Morgan fingerprint density at radius 2 is 2.00 bits per heavy atom. The number of pyridine rings is 1. The minimum atomic E-state index is -3.87. The molecule has 0 atom stereocenters. The van der Waals surface area contributed by atoms with E-state index < -0.39 is 16.4 Å². The smallest absolute Gasteiger partial charge is 0.280 e. The van der Waals surface area contributed by atoms with Crippen molar-refractivity contribution in [3.05, 3.63) is 52.8 Å². The summed E-state index contributed by atoms with van der Waals surface area (Å²) in [6, 6.07) is 6.99. The molecule has 0 spiro atoms. The molecule has 1 aromatic heterocycles. The Kier molecular flexibility index (Phi) is 4.94. The molecule has 118 valence electrons. The van der Waals surface area contributed by atoms with Crippen LogP contribution in [0.2, 0.25) is 5.02 Å². The number of sulfonamides is 1. The van der Waals surface area contributed by atoms with Crippen LogP contribution in [0.1, 0.15) is 17.7 Å². The fourth-order valence-electron chi connectivity index (χ4n) is 1.72.